The van der Waals surface area contributed by atoms with Gasteiger partial charge in [0.1, 0.15) is 30.5 Å². The third kappa shape index (κ3) is 40.7. The molecule has 4 N–H and O–H groups in total. The lowest BCUT2D eigenvalue weighted by Gasteiger charge is -2.41. The van der Waals surface area contributed by atoms with Crippen molar-refractivity contribution in [3.63, 3.8) is 0 Å². The number of aliphatic hydroxyl groups excluding tert-OH is 3. The first-order chi connectivity index (χ1) is 33.6. The molecule has 13 heteroatoms. The van der Waals surface area contributed by atoms with Crippen molar-refractivity contribution in [2.24, 2.45) is 0 Å². The fourth-order valence-electron chi connectivity index (χ4n) is 9.00. The molecule has 0 aromatic carbocycles. The lowest BCUT2D eigenvalue weighted by Crippen LogP contribution is -2.60. The zero-order chi connectivity index (χ0) is 50.3. The Kier molecular flexibility index (Phi) is 45.2. The molecule has 6 unspecified atom stereocenters. The normalized spacial score (nSPS) is 19.3. The molecule has 0 saturated carbocycles. The monoisotopic (exact) mass is 1000 g/mol. The second-order valence-electron chi connectivity index (χ2n) is 19.9. The largest absolute Gasteiger partial charge is 0.457 e. The highest BCUT2D eigenvalue weighted by molar-refractivity contribution is 7.80. The second-order valence-corrected chi connectivity index (χ2v) is 20.9. The first kappa shape index (κ1) is 65.6. The Morgan fingerprint density at radius 1 is 0.551 bits per heavy atom. The minimum Gasteiger partial charge on any atom is -0.457 e. The van der Waals surface area contributed by atoms with Crippen LogP contribution in [-0.2, 0) is 38.3 Å². The van der Waals surface area contributed by atoms with Crippen molar-refractivity contribution in [3.05, 3.63) is 24.3 Å². The Morgan fingerprint density at radius 3 is 1.39 bits per heavy atom. The van der Waals surface area contributed by atoms with E-state index in [9.17, 15) is 33.1 Å². The first-order valence-electron chi connectivity index (χ1n) is 28.6. The number of hydrogen-bond donors (Lipinski definition) is 4. The van der Waals surface area contributed by atoms with E-state index in [-0.39, 0.29) is 19.6 Å². The van der Waals surface area contributed by atoms with E-state index in [1.165, 1.54) is 180 Å². The van der Waals surface area contributed by atoms with Crippen molar-refractivity contribution in [3.8, 4) is 0 Å². The quantitative estimate of drug-likeness (QED) is 0.0196. The van der Waals surface area contributed by atoms with E-state index in [4.69, 9.17) is 18.9 Å². The van der Waals surface area contributed by atoms with Crippen molar-refractivity contribution in [2.75, 3.05) is 26.4 Å². The maximum atomic E-state index is 12.9. The SMILES string of the molecule is CCCCCC/C=C\C/C=C\CCCCCCCC(=O)OC(COCCCCCCCCCCCCCCCCCCCCCCCCCCCC)COC1OC(CO)C(O)C(OS(=O)(=O)O)C1O. The molecule has 1 rings (SSSR count). The highest BCUT2D eigenvalue weighted by Gasteiger charge is 2.48. The van der Waals surface area contributed by atoms with E-state index in [1.807, 2.05) is 0 Å². The van der Waals surface area contributed by atoms with Gasteiger partial charge in [-0.1, -0.05) is 237 Å². The third-order valence-corrected chi connectivity index (χ3v) is 13.8. The number of allylic oxidation sites excluding steroid dienone is 4. The summed E-state index contributed by atoms with van der Waals surface area (Å²) in [6.45, 7) is 4.01. The van der Waals surface area contributed by atoms with Crippen LogP contribution in [0, 0.1) is 0 Å². The molecule has 69 heavy (non-hydrogen) atoms. The number of ether oxygens (including phenoxy) is 4. The van der Waals surface area contributed by atoms with Gasteiger partial charge in [0.25, 0.3) is 0 Å². The van der Waals surface area contributed by atoms with E-state index in [2.05, 4.69) is 42.3 Å². The van der Waals surface area contributed by atoms with Crippen molar-refractivity contribution < 1.29 is 56.2 Å². The van der Waals surface area contributed by atoms with Gasteiger partial charge >= 0.3 is 16.4 Å². The molecule has 1 heterocycles. The summed E-state index contributed by atoms with van der Waals surface area (Å²) in [6, 6.07) is 0. The van der Waals surface area contributed by atoms with Gasteiger partial charge in [0, 0.05) is 13.0 Å². The molecule has 0 amide bonds. The van der Waals surface area contributed by atoms with Gasteiger partial charge in [0.2, 0.25) is 0 Å². The van der Waals surface area contributed by atoms with Crippen LogP contribution < -0.4 is 0 Å². The number of aliphatic hydroxyl groups is 3. The molecular formula is C56H106O12S. The number of hydrogen-bond acceptors (Lipinski definition) is 11. The Labute approximate surface area is 422 Å². The summed E-state index contributed by atoms with van der Waals surface area (Å²) < 4.78 is 59.4. The molecule has 1 aliphatic rings. The molecule has 0 spiro atoms. The predicted molar refractivity (Wildman–Crippen MR) is 281 cm³/mol. The summed E-state index contributed by atoms with van der Waals surface area (Å²) >= 11 is 0. The van der Waals surface area contributed by atoms with Gasteiger partial charge < -0.3 is 34.3 Å². The molecule has 6 atom stereocenters. The molecular weight excluding hydrogens is 897 g/mol. The zero-order valence-corrected chi connectivity index (χ0v) is 45.0. The number of carbonyl (C=O) groups is 1. The maximum Gasteiger partial charge on any atom is 0.397 e. The summed E-state index contributed by atoms with van der Waals surface area (Å²) in [7, 11) is -5.07. The zero-order valence-electron chi connectivity index (χ0n) is 44.1. The highest BCUT2D eigenvalue weighted by Crippen LogP contribution is 2.26. The minimum atomic E-state index is -5.07. The van der Waals surface area contributed by atoms with Gasteiger partial charge in [-0.2, -0.15) is 8.42 Å². The molecule has 0 aromatic heterocycles. The topological polar surface area (TPSA) is 178 Å². The van der Waals surface area contributed by atoms with E-state index < -0.39 is 59.8 Å². The predicted octanol–water partition coefficient (Wildman–Crippen LogP) is 13.9. The number of unbranched alkanes of at least 4 members (excludes halogenated alkanes) is 34. The molecule has 0 aliphatic carbocycles. The van der Waals surface area contributed by atoms with E-state index in [0.29, 0.717) is 13.0 Å². The third-order valence-electron chi connectivity index (χ3n) is 13.3. The van der Waals surface area contributed by atoms with Crippen molar-refractivity contribution in [1.29, 1.82) is 0 Å². The van der Waals surface area contributed by atoms with Crippen LogP contribution in [0.3, 0.4) is 0 Å². The summed E-state index contributed by atoms with van der Waals surface area (Å²) in [5.74, 6) is -0.407. The molecule has 0 radical (unpaired) electrons. The smallest absolute Gasteiger partial charge is 0.397 e. The summed E-state index contributed by atoms with van der Waals surface area (Å²) in [5, 5.41) is 30.8. The lowest BCUT2D eigenvalue weighted by molar-refractivity contribution is -0.301. The molecule has 1 saturated heterocycles. The molecule has 0 aromatic rings. The average molecular weight is 1000 g/mol. The van der Waals surface area contributed by atoms with E-state index >= 15 is 0 Å². The molecule has 1 aliphatic heterocycles. The van der Waals surface area contributed by atoms with Crippen molar-refractivity contribution in [2.45, 2.75) is 301 Å². The van der Waals surface area contributed by atoms with Gasteiger partial charge in [-0.25, -0.2) is 4.18 Å². The van der Waals surface area contributed by atoms with Crippen LogP contribution in [0.15, 0.2) is 24.3 Å². The molecule has 0 bridgehead atoms. The summed E-state index contributed by atoms with van der Waals surface area (Å²) in [4.78, 5) is 12.9. The lowest BCUT2D eigenvalue weighted by atomic mass is 9.99. The fourth-order valence-corrected chi connectivity index (χ4v) is 9.51. The summed E-state index contributed by atoms with van der Waals surface area (Å²) in [5.41, 5.74) is 0. The number of rotatable bonds is 51. The van der Waals surface area contributed by atoms with Crippen LogP contribution >= 0.6 is 0 Å². The van der Waals surface area contributed by atoms with Crippen molar-refractivity contribution in [1.82, 2.24) is 0 Å². The fraction of sp³-hybridized carbons (Fsp3) is 0.911. The molecule has 408 valence electrons. The van der Waals surface area contributed by atoms with E-state index in [0.717, 1.165) is 57.8 Å². The molecule has 1 fully saturated rings. The first-order valence-corrected chi connectivity index (χ1v) is 30.0. The van der Waals surface area contributed by atoms with Gasteiger partial charge in [-0.3, -0.25) is 9.35 Å². The maximum absolute atomic E-state index is 12.9. The average Bonchev–Trinajstić information content (AvgIpc) is 3.32. The van der Waals surface area contributed by atoms with Gasteiger partial charge in [0.15, 0.2) is 6.29 Å². The van der Waals surface area contributed by atoms with Gasteiger partial charge in [-0.05, 0) is 44.9 Å². The van der Waals surface area contributed by atoms with Crippen LogP contribution in [0.5, 0.6) is 0 Å². The Morgan fingerprint density at radius 2 is 0.957 bits per heavy atom. The van der Waals surface area contributed by atoms with Gasteiger partial charge in [0.05, 0.1) is 19.8 Å². The minimum absolute atomic E-state index is 0.0350. The summed E-state index contributed by atoms with van der Waals surface area (Å²) in [6.07, 6.45) is 48.0. The molecule has 12 nitrogen and oxygen atoms in total. The van der Waals surface area contributed by atoms with Crippen LogP contribution in [0.4, 0.5) is 0 Å². The Hall–Kier alpha value is -1.42. The number of carbonyl (C=O) groups excluding carboxylic acids is 1. The second kappa shape index (κ2) is 47.6. The van der Waals surface area contributed by atoms with Crippen molar-refractivity contribution >= 4 is 16.4 Å². The highest BCUT2D eigenvalue weighted by atomic mass is 32.3. The van der Waals surface area contributed by atoms with E-state index in [1.54, 1.807) is 0 Å². The van der Waals surface area contributed by atoms with Crippen LogP contribution in [0.25, 0.3) is 0 Å². The number of esters is 1. The Balaban J connectivity index is 2.26. The van der Waals surface area contributed by atoms with Crippen LogP contribution in [-0.4, -0.2) is 97.5 Å². The van der Waals surface area contributed by atoms with Crippen LogP contribution in [0.1, 0.15) is 264 Å². The Bertz CT molecular complexity index is 1300. The standard InChI is InChI=1S/C56H106O12S/c1-3-5-7-9-11-13-15-17-19-21-22-23-24-25-26-27-28-29-30-32-34-36-38-40-42-44-46-64-48-50(49-65-56-54(60)55(68-69(61,62)63)53(59)51(47-57)67-56)66-52(58)45-43-41-39-37-35-33-31-20-18-16-14-12-10-8-6-4-2/h14,16,20,31,50-51,53-57,59-60H,3-13,15,17-19,21-30,32-49H2,1-2H3,(H,61,62,63)/b16-14-,31-20-. The van der Waals surface area contributed by atoms with Crippen LogP contribution in [0.2, 0.25) is 0 Å². The van der Waals surface area contributed by atoms with Gasteiger partial charge in [-0.15, -0.1) is 0 Å².